The number of benzene rings is 1. The van der Waals surface area contributed by atoms with Crippen LogP contribution in [0.15, 0.2) is 61.1 Å². The second-order valence-corrected chi connectivity index (χ2v) is 7.39. The molecule has 1 saturated heterocycles. The molecule has 3 aromatic rings. The van der Waals surface area contributed by atoms with Crippen molar-refractivity contribution in [1.29, 1.82) is 0 Å². The van der Waals surface area contributed by atoms with Crippen LogP contribution < -0.4 is 5.48 Å². The number of carbonyl (C=O) groups excluding carboxylic acids is 1. The Hall–Kier alpha value is -3.36. The molecule has 1 aromatic carbocycles. The Balaban J connectivity index is 1.37. The number of rotatable bonds is 7. The molecule has 30 heavy (non-hydrogen) atoms. The minimum absolute atomic E-state index is 0.418. The predicted octanol–water partition coefficient (Wildman–Crippen LogP) is 2.52. The van der Waals surface area contributed by atoms with Gasteiger partial charge in [-0.2, -0.15) is 0 Å². The summed E-state index contributed by atoms with van der Waals surface area (Å²) in [4.78, 5) is 17.7. The van der Waals surface area contributed by atoms with Gasteiger partial charge in [0.2, 0.25) is 0 Å². The first kappa shape index (κ1) is 19.9. The fourth-order valence-electron chi connectivity index (χ4n) is 3.74. The number of pyridine rings is 1. The van der Waals surface area contributed by atoms with E-state index in [2.05, 4.69) is 32.3 Å². The molecule has 0 saturated carbocycles. The van der Waals surface area contributed by atoms with Gasteiger partial charge in [-0.3, -0.25) is 24.6 Å². The van der Waals surface area contributed by atoms with Gasteiger partial charge in [-0.05, 0) is 48.7 Å². The lowest BCUT2D eigenvalue weighted by Gasteiger charge is -2.24. The first-order valence-corrected chi connectivity index (χ1v) is 9.97. The average Bonchev–Trinajstić information content (AvgIpc) is 3.44. The van der Waals surface area contributed by atoms with Crippen LogP contribution >= 0.6 is 0 Å². The van der Waals surface area contributed by atoms with Gasteiger partial charge in [0.05, 0.1) is 12.7 Å². The van der Waals surface area contributed by atoms with E-state index in [1.54, 1.807) is 23.9 Å². The zero-order valence-electron chi connectivity index (χ0n) is 16.6. The Morgan fingerprint density at radius 3 is 2.90 bits per heavy atom. The number of nitrogens with zero attached hydrogens (tertiary/aromatic N) is 5. The molecule has 1 fully saturated rings. The molecule has 0 aliphatic carbocycles. The number of hydrogen-bond donors (Lipinski definition) is 2. The zero-order chi connectivity index (χ0) is 20.8. The third-order valence-corrected chi connectivity index (χ3v) is 5.30. The van der Waals surface area contributed by atoms with Crippen molar-refractivity contribution in [1.82, 2.24) is 30.4 Å². The lowest BCUT2D eigenvalue weighted by Crippen LogP contribution is -2.32. The van der Waals surface area contributed by atoms with Gasteiger partial charge < -0.3 is 0 Å². The van der Waals surface area contributed by atoms with Crippen molar-refractivity contribution < 1.29 is 10.0 Å². The van der Waals surface area contributed by atoms with Crippen molar-refractivity contribution in [3.63, 3.8) is 0 Å². The number of hydroxylamine groups is 1. The van der Waals surface area contributed by atoms with Gasteiger partial charge in [-0.25, -0.2) is 5.48 Å². The van der Waals surface area contributed by atoms with Crippen LogP contribution in [0.3, 0.4) is 0 Å². The van der Waals surface area contributed by atoms with E-state index >= 15 is 0 Å². The fraction of sp³-hybridized carbons (Fsp3) is 0.273. The molecule has 154 valence electrons. The summed E-state index contributed by atoms with van der Waals surface area (Å²) in [6.07, 6.45) is 10.8. The molecule has 1 aliphatic heterocycles. The highest BCUT2D eigenvalue weighted by Crippen LogP contribution is 2.22. The van der Waals surface area contributed by atoms with Crippen molar-refractivity contribution >= 4 is 12.0 Å². The number of nitrogens with one attached hydrogen (secondary N) is 1. The molecule has 2 N–H and O–H groups in total. The van der Waals surface area contributed by atoms with E-state index < -0.39 is 5.91 Å². The highest BCUT2D eigenvalue weighted by molar-refractivity contribution is 5.90. The largest absolute Gasteiger partial charge is 0.294 e. The van der Waals surface area contributed by atoms with Gasteiger partial charge in [-0.1, -0.05) is 29.5 Å². The third kappa shape index (κ3) is 4.97. The van der Waals surface area contributed by atoms with Crippen LogP contribution in [-0.4, -0.2) is 48.6 Å². The van der Waals surface area contributed by atoms with Crippen LogP contribution in [0.2, 0.25) is 0 Å². The van der Waals surface area contributed by atoms with Gasteiger partial charge in [0.15, 0.2) is 0 Å². The summed E-state index contributed by atoms with van der Waals surface area (Å²) in [5.41, 5.74) is 5.52. The molecule has 1 unspecified atom stereocenters. The third-order valence-electron chi connectivity index (χ3n) is 5.30. The lowest BCUT2D eigenvalue weighted by atomic mass is 10.1. The van der Waals surface area contributed by atoms with Crippen LogP contribution in [0, 0.1) is 0 Å². The number of hydrogen-bond acceptors (Lipinski definition) is 6. The van der Waals surface area contributed by atoms with Crippen molar-refractivity contribution in [3.05, 3.63) is 72.2 Å². The smallest absolute Gasteiger partial charge is 0.267 e. The molecule has 0 radical (unpaired) electrons. The Morgan fingerprint density at radius 1 is 1.27 bits per heavy atom. The fourth-order valence-corrected chi connectivity index (χ4v) is 3.74. The van der Waals surface area contributed by atoms with Crippen molar-refractivity contribution in [2.75, 3.05) is 6.54 Å². The van der Waals surface area contributed by atoms with Crippen LogP contribution in [0.25, 0.3) is 17.3 Å². The Labute approximate surface area is 174 Å². The summed E-state index contributed by atoms with van der Waals surface area (Å²) in [6.45, 7) is 2.74. The molecule has 0 spiro atoms. The second kappa shape index (κ2) is 9.43. The standard InChI is InChI=1S/C22H24N6O2/c29-22(25-30)10-9-17-5-7-18(8-6-17)14-27-12-2-4-20(27)15-28-16-21(24-26-28)19-3-1-11-23-13-19/h1,3,5-11,13,16,20,30H,2,4,12,14-15H2,(H,25,29)/b10-9+. The molecular formula is C22H24N6O2. The van der Waals surface area contributed by atoms with Gasteiger partial charge >= 0.3 is 0 Å². The summed E-state index contributed by atoms with van der Waals surface area (Å²) in [5.74, 6) is -0.543. The van der Waals surface area contributed by atoms with Crippen LogP contribution in [0.1, 0.15) is 24.0 Å². The lowest BCUT2D eigenvalue weighted by molar-refractivity contribution is -0.124. The number of amides is 1. The SMILES string of the molecule is O=C(/C=C/c1ccc(CN2CCCC2Cn2cc(-c3cccnc3)nn2)cc1)NO. The van der Waals surface area contributed by atoms with Gasteiger partial charge in [-0.15, -0.1) is 5.10 Å². The van der Waals surface area contributed by atoms with E-state index in [0.29, 0.717) is 6.04 Å². The average molecular weight is 404 g/mol. The predicted molar refractivity (Wildman–Crippen MR) is 112 cm³/mol. The van der Waals surface area contributed by atoms with Gasteiger partial charge in [0.1, 0.15) is 5.69 Å². The summed E-state index contributed by atoms with van der Waals surface area (Å²) in [5, 5.41) is 17.1. The molecule has 0 bridgehead atoms. The van der Waals surface area contributed by atoms with Crippen molar-refractivity contribution in [2.45, 2.75) is 32.0 Å². The van der Waals surface area contributed by atoms with Crippen molar-refractivity contribution in [3.8, 4) is 11.3 Å². The van der Waals surface area contributed by atoms with E-state index in [-0.39, 0.29) is 0 Å². The van der Waals surface area contributed by atoms with Gasteiger partial charge in [0, 0.05) is 36.6 Å². The monoisotopic (exact) mass is 404 g/mol. The molecule has 1 aliphatic rings. The summed E-state index contributed by atoms with van der Waals surface area (Å²) in [6, 6.07) is 12.4. The second-order valence-electron chi connectivity index (χ2n) is 7.39. The molecule has 8 heteroatoms. The van der Waals surface area contributed by atoms with Crippen molar-refractivity contribution in [2.24, 2.45) is 0 Å². The highest BCUT2D eigenvalue weighted by Gasteiger charge is 2.25. The Bertz CT molecular complexity index is 1000. The first-order valence-electron chi connectivity index (χ1n) is 9.97. The maximum Gasteiger partial charge on any atom is 0.267 e. The number of aromatic nitrogens is 4. The number of carbonyl (C=O) groups is 1. The normalized spacial score (nSPS) is 16.9. The van der Waals surface area contributed by atoms with Crippen LogP contribution in [0.5, 0.6) is 0 Å². The van der Waals surface area contributed by atoms with E-state index in [9.17, 15) is 4.79 Å². The maximum atomic E-state index is 11.1. The quantitative estimate of drug-likeness (QED) is 0.357. The maximum absolute atomic E-state index is 11.1. The summed E-state index contributed by atoms with van der Waals surface area (Å²) >= 11 is 0. The minimum Gasteiger partial charge on any atom is -0.294 e. The van der Waals surface area contributed by atoms with Crippen LogP contribution in [0.4, 0.5) is 0 Å². The Kier molecular flexibility index (Phi) is 6.26. The molecule has 8 nitrogen and oxygen atoms in total. The van der Waals surface area contributed by atoms with E-state index in [1.165, 1.54) is 18.1 Å². The molecule has 1 atom stereocenters. The Morgan fingerprint density at radius 2 is 2.13 bits per heavy atom. The van der Waals surface area contributed by atoms with Gasteiger partial charge in [0.25, 0.3) is 5.91 Å². The van der Waals surface area contributed by atoms with Crippen LogP contribution in [-0.2, 0) is 17.9 Å². The van der Waals surface area contributed by atoms with E-state index in [0.717, 1.165) is 42.9 Å². The molecule has 3 heterocycles. The van der Waals surface area contributed by atoms with E-state index in [1.807, 2.05) is 35.1 Å². The molecule has 4 rings (SSSR count). The van der Waals surface area contributed by atoms with E-state index in [4.69, 9.17) is 5.21 Å². The minimum atomic E-state index is -0.543. The summed E-state index contributed by atoms with van der Waals surface area (Å²) in [7, 11) is 0. The zero-order valence-corrected chi connectivity index (χ0v) is 16.6. The highest BCUT2D eigenvalue weighted by atomic mass is 16.5. The summed E-state index contributed by atoms with van der Waals surface area (Å²) < 4.78 is 1.92. The topological polar surface area (TPSA) is 96.2 Å². The molecule has 2 aromatic heterocycles. The molecular weight excluding hydrogens is 380 g/mol. The molecule has 1 amide bonds. The first-order chi connectivity index (χ1) is 14.7. The number of likely N-dealkylation sites (tertiary alicyclic amines) is 1.